The molecular weight excluding hydrogens is 388 g/mol. The van der Waals surface area contributed by atoms with Gasteiger partial charge in [-0.25, -0.2) is 4.79 Å². The van der Waals surface area contributed by atoms with Crippen LogP contribution in [0.2, 0.25) is 0 Å². The van der Waals surface area contributed by atoms with Crippen LogP contribution in [0.4, 0.5) is 0 Å². The zero-order valence-corrected chi connectivity index (χ0v) is 17.9. The maximum atomic E-state index is 12.9. The van der Waals surface area contributed by atoms with Crippen molar-refractivity contribution in [2.75, 3.05) is 5.75 Å². The van der Waals surface area contributed by atoms with Crippen LogP contribution < -0.4 is 5.69 Å². The number of rotatable bonds is 6. The van der Waals surface area contributed by atoms with Gasteiger partial charge in [0.2, 0.25) is 0 Å². The zero-order chi connectivity index (χ0) is 19.7. The maximum absolute atomic E-state index is 12.9. The molecule has 0 amide bonds. The van der Waals surface area contributed by atoms with Gasteiger partial charge in [-0.3, -0.25) is 4.57 Å². The van der Waals surface area contributed by atoms with Gasteiger partial charge in [-0.15, -0.1) is 29.7 Å². The molecule has 3 aromatic rings. The van der Waals surface area contributed by atoms with Crippen LogP contribution in [0.3, 0.4) is 0 Å². The molecule has 4 nitrogen and oxygen atoms in total. The van der Waals surface area contributed by atoms with Crippen LogP contribution in [0.1, 0.15) is 36.3 Å². The molecule has 0 saturated heterocycles. The Balaban J connectivity index is 1.91. The van der Waals surface area contributed by atoms with Crippen molar-refractivity contribution in [3.05, 3.63) is 69.5 Å². The number of hydrogen-bond donors (Lipinski definition) is 0. The van der Waals surface area contributed by atoms with Gasteiger partial charge in [-0.2, -0.15) is 4.98 Å². The molecule has 146 valence electrons. The van der Waals surface area contributed by atoms with Gasteiger partial charge in [0.25, 0.3) is 0 Å². The van der Waals surface area contributed by atoms with Gasteiger partial charge >= 0.3 is 5.69 Å². The number of thioether (sulfide) groups is 1. The van der Waals surface area contributed by atoms with Crippen LogP contribution in [-0.2, 0) is 24.3 Å². The lowest BCUT2D eigenvalue weighted by atomic mass is 9.90. The number of aromatic nitrogens is 2. The van der Waals surface area contributed by atoms with E-state index >= 15 is 0 Å². The van der Waals surface area contributed by atoms with Crippen LogP contribution in [0.25, 0.3) is 10.2 Å². The van der Waals surface area contributed by atoms with Crippen molar-refractivity contribution in [2.45, 2.75) is 50.5 Å². The molecule has 1 aliphatic rings. The first-order chi connectivity index (χ1) is 13.5. The predicted octanol–water partition coefficient (Wildman–Crippen LogP) is 5.03. The second kappa shape index (κ2) is 7.85. The Morgan fingerprint density at radius 2 is 2.18 bits per heavy atom. The van der Waals surface area contributed by atoms with E-state index in [0.717, 1.165) is 39.4 Å². The summed E-state index contributed by atoms with van der Waals surface area (Å²) >= 11 is 3.27. The topological polar surface area (TPSA) is 44.1 Å². The second-order valence-corrected chi connectivity index (χ2v) is 9.42. The molecule has 0 N–H and O–H groups in total. The molecule has 6 heteroatoms. The number of fused-ring (bicyclic) bond motifs is 3. The minimum absolute atomic E-state index is 0.165. The van der Waals surface area contributed by atoms with Gasteiger partial charge in [0, 0.05) is 22.4 Å². The van der Waals surface area contributed by atoms with Crippen molar-refractivity contribution < 1.29 is 4.74 Å². The van der Waals surface area contributed by atoms with E-state index in [2.05, 4.69) is 25.4 Å². The van der Waals surface area contributed by atoms with Gasteiger partial charge in [0.15, 0.2) is 0 Å². The first-order valence-electron chi connectivity index (χ1n) is 9.51. The highest BCUT2D eigenvalue weighted by Gasteiger charge is 2.33. The van der Waals surface area contributed by atoms with Crippen molar-refractivity contribution in [3.63, 3.8) is 0 Å². The summed E-state index contributed by atoms with van der Waals surface area (Å²) in [6, 6.07) is 10.1. The summed E-state index contributed by atoms with van der Waals surface area (Å²) in [6.45, 7) is 9.28. The summed E-state index contributed by atoms with van der Waals surface area (Å²) in [4.78, 5) is 19.6. The van der Waals surface area contributed by atoms with Gasteiger partial charge < -0.3 is 4.74 Å². The Morgan fingerprint density at radius 1 is 1.39 bits per heavy atom. The molecule has 1 aliphatic heterocycles. The third-order valence-electron chi connectivity index (χ3n) is 5.33. The Morgan fingerprint density at radius 3 is 2.89 bits per heavy atom. The van der Waals surface area contributed by atoms with E-state index in [1.54, 1.807) is 23.1 Å². The lowest BCUT2D eigenvalue weighted by molar-refractivity contribution is -0.0543. The van der Waals surface area contributed by atoms with E-state index in [1.807, 2.05) is 41.0 Å². The summed E-state index contributed by atoms with van der Waals surface area (Å²) in [5.41, 5.74) is 2.04. The van der Waals surface area contributed by atoms with Gasteiger partial charge in [-0.1, -0.05) is 43.3 Å². The van der Waals surface area contributed by atoms with Crippen molar-refractivity contribution in [2.24, 2.45) is 0 Å². The van der Waals surface area contributed by atoms with Crippen LogP contribution in [0.5, 0.6) is 0 Å². The Kier molecular flexibility index (Phi) is 5.45. The summed E-state index contributed by atoms with van der Waals surface area (Å²) < 4.78 is 7.97. The molecular formula is C22H24N2O2S2. The van der Waals surface area contributed by atoms with Crippen molar-refractivity contribution in [1.29, 1.82) is 0 Å². The minimum Gasteiger partial charge on any atom is -0.369 e. The number of hydrogen-bond acceptors (Lipinski definition) is 5. The Bertz CT molecular complexity index is 1070. The fourth-order valence-corrected chi connectivity index (χ4v) is 5.61. The smallest absolute Gasteiger partial charge is 0.350 e. The standard InChI is InChI=1S/C22H24N2O2S2/c1-4-11-27-19-18-16-12-22(3,5-2)26-14-17(16)28-20(18)24(21(25)23-19)13-15-9-7-6-8-10-15/h4,6-10H,1,5,11-14H2,2-3H3. The van der Waals surface area contributed by atoms with Crippen LogP contribution in [-0.4, -0.2) is 20.9 Å². The summed E-state index contributed by atoms with van der Waals surface area (Å²) in [5.74, 6) is 0.733. The SMILES string of the molecule is C=CCSc1nc(=O)n(Cc2ccccc2)c2sc3c(c12)CC(C)(CC)OC3. The molecule has 0 bridgehead atoms. The van der Waals surface area contributed by atoms with E-state index in [-0.39, 0.29) is 11.3 Å². The Labute approximate surface area is 173 Å². The number of nitrogens with zero attached hydrogens (tertiary/aromatic N) is 2. The monoisotopic (exact) mass is 412 g/mol. The second-order valence-electron chi connectivity index (χ2n) is 7.32. The average molecular weight is 413 g/mol. The largest absolute Gasteiger partial charge is 0.369 e. The number of thiophene rings is 1. The highest BCUT2D eigenvalue weighted by atomic mass is 32.2. The van der Waals surface area contributed by atoms with Gasteiger partial charge in [0.05, 0.1) is 18.8 Å². The van der Waals surface area contributed by atoms with E-state index in [0.29, 0.717) is 13.2 Å². The summed E-state index contributed by atoms with van der Waals surface area (Å²) in [6.07, 6.45) is 3.66. The van der Waals surface area contributed by atoms with Crippen LogP contribution >= 0.6 is 23.1 Å². The third kappa shape index (κ3) is 3.56. The molecule has 28 heavy (non-hydrogen) atoms. The third-order valence-corrected chi connectivity index (χ3v) is 7.53. The summed E-state index contributed by atoms with van der Waals surface area (Å²) in [5, 5.41) is 1.95. The van der Waals surface area contributed by atoms with E-state index in [9.17, 15) is 4.79 Å². The molecule has 2 aromatic heterocycles. The minimum atomic E-state index is -0.194. The molecule has 0 aliphatic carbocycles. The molecule has 1 aromatic carbocycles. The van der Waals surface area contributed by atoms with Crippen molar-refractivity contribution in [1.82, 2.24) is 9.55 Å². The summed E-state index contributed by atoms with van der Waals surface area (Å²) in [7, 11) is 0. The quantitative estimate of drug-likeness (QED) is 0.324. The van der Waals surface area contributed by atoms with Gasteiger partial charge in [-0.05, 0) is 24.5 Å². The molecule has 0 spiro atoms. The lowest BCUT2D eigenvalue weighted by Gasteiger charge is -2.33. The molecule has 1 atom stereocenters. The fourth-order valence-electron chi connectivity index (χ4n) is 3.54. The first kappa shape index (κ1) is 19.4. The van der Waals surface area contributed by atoms with E-state index in [4.69, 9.17) is 4.74 Å². The van der Waals surface area contributed by atoms with Crippen LogP contribution in [0, 0.1) is 0 Å². The molecule has 3 heterocycles. The average Bonchev–Trinajstić information content (AvgIpc) is 3.08. The fraction of sp³-hybridized carbons (Fsp3) is 0.364. The maximum Gasteiger partial charge on any atom is 0.350 e. The van der Waals surface area contributed by atoms with Crippen LogP contribution in [0.15, 0.2) is 52.8 Å². The molecule has 1 unspecified atom stereocenters. The van der Waals surface area contributed by atoms with Crippen molar-refractivity contribution >= 4 is 33.3 Å². The number of ether oxygens (including phenoxy) is 1. The zero-order valence-electron chi connectivity index (χ0n) is 16.2. The van der Waals surface area contributed by atoms with E-state index in [1.165, 1.54) is 10.4 Å². The normalized spacial score (nSPS) is 18.9. The Hall–Kier alpha value is -1.89. The molecule has 0 saturated carbocycles. The van der Waals surface area contributed by atoms with Gasteiger partial charge in [0.1, 0.15) is 9.86 Å². The molecule has 4 rings (SSSR count). The first-order valence-corrected chi connectivity index (χ1v) is 11.3. The predicted molar refractivity (Wildman–Crippen MR) is 118 cm³/mol. The highest BCUT2D eigenvalue weighted by molar-refractivity contribution is 7.99. The molecule has 0 fully saturated rings. The lowest BCUT2D eigenvalue weighted by Crippen LogP contribution is -2.34. The molecule has 0 radical (unpaired) electrons. The van der Waals surface area contributed by atoms with E-state index < -0.39 is 0 Å². The number of benzene rings is 1. The highest BCUT2D eigenvalue weighted by Crippen LogP contribution is 2.42. The van der Waals surface area contributed by atoms with Crippen molar-refractivity contribution in [3.8, 4) is 0 Å².